The molecule has 0 saturated heterocycles. The Morgan fingerprint density at radius 3 is 2.63 bits per heavy atom. The molecule has 2 aromatic carbocycles. The van der Waals surface area contributed by atoms with E-state index in [1.54, 1.807) is 24.3 Å². The average Bonchev–Trinajstić information content (AvgIpc) is 2.63. The predicted octanol–water partition coefficient (Wildman–Crippen LogP) is 3.61. The second-order valence-electron chi connectivity index (χ2n) is 5.87. The lowest BCUT2D eigenvalue weighted by Gasteiger charge is -2.11. The van der Waals surface area contributed by atoms with Crippen molar-refractivity contribution in [3.8, 4) is 11.2 Å². The van der Waals surface area contributed by atoms with Gasteiger partial charge in [0.2, 0.25) is 0 Å². The van der Waals surface area contributed by atoms with Crippen LogP contribution in [0.2, 0.25) is 0 Å². The van der Waals surface area contributed by atoms with E-state index in [4.69, 9.17) is 14.7 Å². The number of nitrogens with zero attached hydrogens (tertiary/aromatic N) is 1. The van der Waals surface area contributed by atoms with Crippen LogP contribution in [0.3, 0.4) is 0 Å². The van der Waals surface area contributed by atoms with E-state index >= 15 is 0 Å². The van der Waals surface area contributed by atoms with Gasteiger partial charge >= 0.3 is 5.97 Å². The number of thiocyanates is 1. The average molecular weight is 384 g/mol. The summed E-state index contributed by atoms with van der Waals surface area (Å²) < 4.78 is 10.3. The van der Waals surface area contributed by atoms with E-state index in [0.717, 1.165) is 27.8 Å². The van der Waals surface area contributed by atoms with Crippen LogP contribution in [0.25, 0.3) is 0 Å². The minimum absolute atomic E-state index is 0.0250. The molecule has 0 atom stereocenters. The zero-order valence-electron chi connectivity index (χ0n) is 15.4. The molecular formula is C20H20N2O4S. The van der Waals surface area contributed by atoms with Gasteiger partial charge in [-0.2, -0.15) is 5.26 Å². The summed E-state index contributed by atoms with van der Waals surface area (Å²) in [6, 6.07) is 10.8. The van der Waals surface area contributed by atoms with Gasteiger partial charge in [0.05, 0.1) is 13.5 Å². The fourth-order valence-corrected chi connectivity index (χ4v) is 2.95. The third kappa shape index (κ3) is 6.04. The molecule has 1 amide bonds. The number of benzene rings is 2. The minimum atomic E-state index is -0.508. The number of thioether (sulfide) groups is 1. The maximum absolute atomic E-state index is 12.0. The normalized spacial score (nSPS) is 10.0. The number of carbonyl (C=O) groups excluding carboxylic acids is 2. The largest absolute Gasteiger partial charge is 0.496 e. The van der Waals surface area contributed by atoms with Crippen molar-refractivity contribution in [2.75, 3.05) is 19.0 Å². The smallest absolute Gasteiger partial charge is 0.310 e. The van der Waals surface area contributed by atoms with Gasteiger partial charge in [-0.15, -0.1) is 0 Å². The highest BCUT2D eigenvalue weighted by Gasteiger charge is 2.13. The van der Waals surface area contributed by atoms with E-state index < -0.39 is 11.9 Å². The van der Waals surface area contributed by atoms with E-state index in [-0.39, 0.29) is 13.0 Å². The number of nitrogens with one attached hydrogen (secondary N) is 1. The zero-order valence-corrected chi connectivity index (χ0v) is 16.2. The van der Waals surface area contributed by atoms with Crippen molar-refractivity contribution in [2.45, 2.75) is 25.2 Å². The first-order valence-corrected chi connectivity index (χ1v) is 9.00. The van der Waals surface area contributed by atoms with E-state index in [9.17, 15) is 9.59 Å². The monoisotopic (exact) mass is 384 g/mol. The van der Waals surface area contributed by atoms with Gasteiger partial charge in [0.1, 0.15) is 11.2 Å². The quantitative estimate of drug-likeness (QED) is 0.446. The van der Waals surface area contributed by atoms with Gasteiger partial charge in [-0.3, -0.25) is 9.59 Å². The Morgan fingerprint density at radius 1 is 1.19 bits per heavy atom. The lowest BCUT2D eigenvalue weighted by molar-refractivity contribution is -0.146. The molecule has 0 aliphatic heterocycles. The summed E-state index contributed by atoms with van der Waals surface area (Å²) >= 11 is 1.05. The van der Waals surface area contributed by atoms with Gasteiger partial charge in [0.15, 0.2) is 6.61 Å². The highest BCUT2D eigenvalue weighted by Crippen LogP contribution is 2.23. The first-order chi connectivity index (χ1) is 12.9. The third-order valence-corrected chi connectivity index (χ3v) is 4.35. The van der Waals surface area contributed by atoms with Crippen LogP contribution in [0, 0.1) is 24.5 Å². The summed E-state index contributed by atoms with van der Waals surface area (Å²) in [6.45, 7) is 3.37. The number of esters is 1. The van der Waals surface area contributed by atoms with Gasteiger partial charge in [-0.25, -0.2) is 0 Å². The van der Waals surface area contributed by atoms with Crippen LogP contribution < -0.4 is 10.1 Å². The molecule has 0 radical (unpaired) electrons. The van der Waals surface area contributed by atoms with Gasteiger partial charge in [-0.1, -0.05) is 17.7 Å². The van der Waals surface area contributed by atoms with Crippen molar-refractivity contribution in [2.24, 2.45) is 0 Å². The number of hydrogen-bond acceptors (Lipinski definition) is 6. The molecule has 0 aliphatic carbocycles. The number of hydrogen-bond donors (Lipinski definition) is 1. The molecule has 1 N–H and O–H groups in total. The van der Waals surface area contributed by atoms with Crippen LogP contribution >= 0.6 is 11.8 Å². The van der Waals surface area contributed by atoms with E-state index in [1.165, 1.54) is 7.11 Å². The maximum atomic E-state index is 12.0. The topological polar surface area (TPSA) is 88.4 Å². The Bertz CT molecular complexity index is 890. The molecule has 0 unspecified atom stereocenters. The number of methoxy groups -OCH3 is 1. The molecule has 0 aliphatic rings. The standard InChI is InChI=1S/C20H20N2O4S/c1-13-4-7-18(25-3)15(8-13)10-20(24)26-11-19(23)22-17-6-5-16(27-12-21)9-14(17)2/h4-9H,10-11H2,1-3H3,(H,22,23). The Labute approximate surface area is 162 Å². The number of carbonyl (C=O) groups is 2. The van der Waals surface area contributed by atoms with Crippen LogP contribution in [0.5, 0.6) is 5.75 Å². The van der Waals surface area contributed by atoms with Crippen LogP contribution in [-0.4, -0.2) is 25.6 Å². The molecule has 140 valence electrons. The van der Waals surface area contributed by atoms with Gasteiger partial charge in [0.25, 0.3) is 5.91 Å². The molecule has 2 aromatic rings. The molecule has 7 heteroatoms. The van der Waals surface area contributed by atoms with E-state index in [1.807, 2.05) is 31.4 Å². The molecule has 0 aromatic heterocycles. The molecular weight excluding hydrogens is 364 g/mol. The van der Waals surface area contributed by atoms with Crippen LogP contribution in [0.1, 0.15) is 16.7 Å². The van der Waals surface area contributed by atoms with Gasteiger partial charge in [-0.05, 0) is 55.4 Å². The Kier molecular flexibility index (Phi) is 7.26. The lowest BCUT2D eigenvalue weighted by atomic mass is 10.1. The molecule has 6 nitrogen and oxygen atoms in total. The van der Waals surface area contributed by atoms with Crippen LogP contribution in [0.15, 0.2) is 41.3 Å². The van der Waals surface area contributed by atoms with Crippen LogP contribution in [0.4, 0.5) is 5.69 Å². The fraction of sp³-hybridized carbons (Fsp3) is 0.250. The number of ether oxygens (including phenoxy) is 2. The van der Waals surface area contributed by atoms with E-state index in [0.29, 0.717) is 17.0 Å². The number of aryl methyl sites for hydroxylation is 2. The highest BCUT2D eigenvalue weighted by atomic mass is 32.2. The van der Waals surface area contributed by atoms with E-state index in [2.05, 4.69) is 5.32 Å². The summed E-state index contributed by atoms with van der Waals surface area (Å²) in [4.78, 5) is 24.9. The van der Waals surface area contributed by atoms with Crippen molar-refractivity contribution in [3.05, 3.63) is 53.1 Å². The highest BCUT2D eigenvalue weighted by molar-refractivity contribution is 8.03. The Balaban J connectivity index is 1.89. The fourth-order valence-electron chi connectivity index (χ4n) is 2.48. The summed E-state index contributed by atoms with van der Waals surface area (Å²) in [5, 5.41) is 13.4. The summed E-state index contributed by atoms with van der Waals surface area (Å²) in [5.74, 6) is -0.331. The van der Waals surface area contributed by atoms with Crippen molar-refractivity contribution < 1.29 is 19.1 Å². The van der Waals surface area contributed by atoms with Crippen molar-refractivity contribution in [1.82, 2.24) is 0 Å². The van der Waals surface area contributed by atoms with Gasteiger partial charge in [0, 0.05) is 16.1 Å². The number of anilines is 1. The summed E-state index contributed by atoms with van der Waals surface area (Å²) in [5.41, 5.74) is 3.15. The SMILES string of the molecule is COc1ccc(C)cc1CC(=O)OCC(=O)Nc1ccc(SC#N)cc1C. The maximum Gasteiger partial charge on any atom is 0.310 e. The first-order valence-electron chi connectivity index (χ1n) is 8.18. The molecule has 0 saturated carbocycles. The third-order valence-electron chi connectivity index (χ3n) is 3.77. The van der Waals surface area contributed by atoms with Crippen molar-refractivity contribution in [1.29, 1.82) is 5.26 Å². The summed E-state index contributed by atoms with van der Waals surface area (Å²) in [6.07, 6.45) is 0.0250. The second-order valence-corrected chi connectivity index (χ2v) is 6.73. The molecule has 27 heavy (non-hydrogen) atoms. The second kappa shape index (κ2) is 9.64. The molecule has 0 heterocycles. The Morgan fingerprint density at radius 2 is 1.96 bits per heavy atom. The zero-order chi connectivity index (χ0) is 19.8. The van der Waals surface area contributed by atoms with Gasteiger partial charge < -0.3 is 14.8 Å². The van der Waals surface area contributed by atoms with Crippen molar-refractivity contribution in [3.63, 3.8) is 0 Å². The molecule has 0 spiro atoms. The lowest BCUT2D eigenvalue weighted by Crippen LogP contribution is -2.22. The number of rotatable bonds is 7. The summed E-state index contributed by atoms with van der Waals surface area (Å²) in [7, 11) is 1.54. The molecule has 2 rings (SSSR count). The number of amides is 1. The minimum Gasteiger partial charge on any atom is -0.496 e. The van der Waals surface area contributed by atoms with Crippen LogP contribution in [-0.2, 0) is 20.7 Å². The first kappa shape index (κ1) is 20.3. The predicted molar refractivity (Wildman–Crippen MR) is 104 cm³/mol. The molecule has 0 fully saturated rings. The number of nitriles is 1. The van der Waals surface area contributed by atoms with Crippen molar-refractivity contribution >= 4 is 29.3 Å². The molecule has 0 bridgehead atoms. The Hall–Kier alpha value is -2.98.